The lowest BCUT2D eigenvalue weighted by Gasteiger charge is -2.34. The van der Waals surface area contributed by atoms with Gasteiger partial charge in [-0.15, -0.1) is 22.7 Å². The number of aromatic nitrogens is 1. The van der Waals surface area contributed by atoms with E-state index in [4.69, 9.17) is 4.52 Å². The number of fused-ring (bicyclic) bond motifs is 1. The second-order valence-corrected chi connectivity index (χ2v) is 7.28. The Labute approximate surface area is 136 Å². The Hall–Kier alpha value is -1.92. The predicted octanol–water partition coefficient (Wildman–Crippen LogP) is 3.89. The zero-order valence-electron chi connectivity index (χ0n) is 12.0. The van der Waals surface area contributed by atoms with E-state index in [9.17, 15) is 4.79 Å². The molecule has 0 radical (unpaired) electrons. The van der Waals surface area contributed by atoms with Crippen LogP contribution in [-0.4, -0.2) is 22.5 Å². The molecule has 1 aliphatic heterocycles. The zero-order chi connectivity index (χ0) is 15.1. The van der Waals surface area contributed by atoms with Gasteiger partial charge in [-0.1, -0.05) is 11.2 Å². The number of nitrogens with zero attached hydrogens (tertiary/aromatic N) is 2. The van der Waals surface area contributed by atoms with Crippen molar-refractivity contribution in [2.45, 2.75) is 19.4 Å². The van der Waals surface area contributed by atoms with E-state index in [-0.39, 0.29) is 11.9 Å². The summed E-state index contributed by atoms with van der Waals surface area (Å²) in [5.74, 6) is 0.230. The summed E-state index contributed by atoms with van der Waals surface area (Å²) < 4.78 is 5.18. The minimum absolute atomic E-state index is 0.0205. The van der Waals surface area contributed by atoms with Crippen molar-refractivity contribution in [1.82, 2.24) is 10.1 Å². The smallest absolute Gasteiger partial charge is 0.293 e. The molecule has 3 aromatic rings. The van der Waals surface area contributed by atoms with Gasteiger partial charge in [-0.05, 0) is 41.8 Å². The highest BCUT2D eigenvalue weighted by atomic mass is 32.1. The lowest BCUT2D eigenvalue weighted by Crippen LogP contribution is -2.39. The minimum atomic E-state index is -0.0872. The van der Waals surface area contributed by atoms with Gasteiger partial charge in [0.25, 0.3) is 5.91 Å². The first-order valence-electron chi connectivity index (χ1n) is 7.08. The third-order valence-corrected chi connectivity index (χ3v) is 5.80. The van der Waals surface area contributed by atoms with E-state index >= 15 is 0 Å². The number of hydrogen-bond donors (Lipinski definition) is 0. The zero-order valence-corrected chi connectivity index (χ0v) is 13.6. The van der Waals surface area contributed by atoms with E-state index in [1.54, 1.807) is 28.7 Å². The second kappa shape index (κ2) is 5.37. The van der Waals surface area contributed by atoms with E-state index in [1.807, 2.05) is 17.9 Å². The fraction of sp³-hybridized carbons (Fsp3) is 0.250. The van der Waals surface area contributed by atoms with Crippen molar-refractivity contribution < 1.29 is 9.32 Å². The molecule has 4 heterocycles. The molecule has 1 aliphatic rings. The summed E-state index contributed by atoms with van der Waals surface area (Å²) in [6.45, 7) is 2.53. The summed E-state index contributed by atoms with van der Waals surface area (Å²) in [7, 11) is 0. The normalized spacial score (nSPS) is 17.5. The predicted molar refractivity (Wildman–Crippen MR) is 86.5 cm³/mol. The molecule has 0 aliphatic carbocycles. The molecule has 6 heteroatoms. The molecule has 1 atom stereocenters. The van der Waals surface area contributed by atoms with Crippen LogP contribution in [0.2, 0.25) is 0 Å². The molecule has 112 valence electrons. The van der Waals surface area contributed by atoms with Crippen molar-refractivity contribution in [2.75, 3.05) is 6.54 Å². The fourth-order valence-electron chi connectivity index (χ4n) is 2.89. The van der Waals surface area contributed by atoms with Crippen LogP contribution in [0.1, 0.15) is 37.6 Å². The summed E-state index contributed by atoms with van der Waals surface area (Å²) in [5, 5.41) is 8.00. The molecule has 0 spiro atoms. The number of hydrogen-bond acceptors (Lipinski definition) is 5. The van der Waals surface area contributed by atoms with Gasteiger partial charge in [-0.25, -0.2) is 0 Å². The standard InChI is InChI=1S/C16H14N2O2S2/c1-10-9-12(20-17-10)16(19)18-6-4-13-11(5-8-22-13)15(18)14-3-2-7-21-14/h2-3,5,7-9,15H,4,6H2,1H3/t15-/m1/s1. The number of carbonyl (C=O) groups is 1. The third-order valence-electron chi connectivity index (χ3n) is 3.88. The summed E-state index contributed by atoms with van der Waals surface area (Å²) in [5.41, 5.74) is 1.97. The summed E-state index contributed by atoms with van der Waals surface area (Å²) >= 11 is 3.45. The fourth-order valence-corrected chi connectivity index (χ4v) is 4.65. The number of amides is 1. The van der Waals surface area contributed by atoms with E-state index in [2.05, 4.69) is 28.0 Å². The molecule has 0 saturated heterocycles. The van der Waals surface area contributed by atoms with Gasteiger partial charge < -0.3 is 9.42 Å². The molecule has 0 bridgehead atoms. The highest BCUT2D eigenvalue weighted by Crippen LogP contribution is 2.40. The van der Waals surface area contributed by atoms with Gasteiger partial charge in [0.05, 0.1) is 11.7 Å². The van der Waals surface area contributed by atoms with Gasteiger partial charge in [0, 0.05) is 22.4 Å². The Morgan fingerprint density at radius 1 is 1.36 bits per heavy atom. The van der Waals surface area contributed by atoms with E-state index < -0.39 is 0 Å². The van der Waals surface area contributed by atoms with Gasteiger partial charge in [-0.2, -0.15) is 0 Å². The molecule has 1 amide bonds. The maximum atomic E-state index is 12.9. The number of aryl methyl sites for hydroxylation is 1. The van der Waals surface area contributed by atoms with E-state index in [0.29, 0.717) is 12.3 Å². The summed E-state index contributed by atoms with van der Waals surface area (Å²) in [4.78, 5) is 17.3. The van der Waals surface area contributed by atoms with Crippen LogP contribution in [0.5, 0.6) is 0 Å². The van der Waals surface area contributed by atoms with Gasteiger partial charge in [0.15, 0.2) is 0 Å². The number of rotatable bonds is 2. The number of carbonyl (C=O) groups excluding carboxylic acids is 1. The Morgan fingerprint density at radius 2 is 2.27 bits per heavy atom. The van der Waals surface area contributed by atoms with Crippen LogP contribution in [0.25, 0.3) is 0 Å². The van der Waals surface area contributed by atoms with Crippen LogP contribution in [0.4, 0.5) is 0 Å². The average molecular weight is 330 g/mol. The molecule has 3 aromatic heterocycles. The second-order valence-electron chi connectivity index (χ2n) is 5.30. The molecule has 0 unspecified atom stereocenters. The van der Waals surface area contributed by atoms with Crippen molar-refractivity contribution in [3.05, 3.63) is 61.8 Å². The lowest BCUT2D eigenvalue weighted by molar-refractivity contribution is 0.0656. The summed E-state index contributed by atoms with van der Waals surface area (Å²) in [6.07, 6.45) is 0.897. The first kappa shape index (κ1) is 13.7. The SMILES string of the molecule is Cc1cc(C(=O)N2CCc3sccc3[C@@H]2c2cccs2)on1. The Bertz CT molecular complexity index is 804. The Kier molecular flexibility index (Phi) is 3.35. The molecular formula is C16H14N2O2S2. The van der Waals surface area contributed by atoms with Crippen molar-refractivity contribution in [3.8, 4) is 0 Å². The van der Waals surface area contributed by atoms with Gasteiger partial charge in [0.1, 0.15) is 0 Å². The number of thiophene rings is 2. The Balaban J connectivity index is 1.76. The van der Waals surface area contributed by atoms with Crippen LogP contribution < -0.4 is 0 Å². The van der Waals surface area contributed by atoms with E-state index in [1.165, 1.54) is 15.3 Å². The lowest BCUT2D eigenvalue weighted by atomic mass is 9.98. The topological polar surface area (TPSA) is 46.3 Å². The summed E-state index contributed by atoms with van der Waals surface area (Å²) in [6, 6.07) is 7.94. The largest absolute Gasteiger partial charge is 0.351 e. The van der Waals surface area contributed by atoms with Crippen LogP contribution in [-0.2, 0) is 6.42 Å². The third kappa shape index (κ3) is 2.19. The Morgan fingerprint density at radius 3 is 3.00 bits per heavy atom. The van der Waals surface area contributed by atoms with Crippen molar-refractivity contribution >= 4 is 28.6 Å². The van der Waals surface area contributed by atoms with E-state index in [0.717, 1.165) is 12.1 Å². The van der Waals surface area contributed by atoms with Crippen molar-refractivity contribution in [2.24, 2.45) is 0 Å². The average Bonchev–Trinajstić information content (AvgIpc) is 3.26. The molecule has 22 heavy (non-hydrogen) atoms. The van der Waals surface area contributed by atoms with Crippen molar-refractivity contribution in [3.63, 3.8) is 0 Å². The maximum Gasteiger partial charge on any atom is 0.293 e. The van der Waals surface area contributed by atoms with Gasteiger partial charge in [0.2, 0.25) is 5.76 Å². The van der Waals surface area contributed by atoms with Crippen LogP contribution in [0, 0.1) is 6.92 Å². The van der Waals surface area contributed by atoms with Gasteiger partial charge >= 0.3 is 0 Å². The molecule has 0 aromatic carbocycles. The molecule has 4 rings (SSSR count). The molecule has 0 saturated carbocycles. The molecule has 0 fully saturated rings. The molecule has 0 N–H and O–H groups in total. The monoisotopic (exact) mass is 330 g/mol. The van der Waals surface area contributed by atoms with Crippen molar-refractivity contribution in [1.29, 1.82) is 0 Å². The molecule has 4 nitrogen and oxygen atoms in total. The highest BCUT2D eigenvalue weighted by molar-refractivity contribution is 7.10. The van der Waals surface area contributed by atoms with Crippen LogP contribution >= 0.6 is 22.7 Å². The highest BCUT2D eigenvalue weighted by Gasteiger charge is 2.35. The molecular weight excluding hydrogens is 316 g/mol. The minimum Gasteiger partial charge on any atom is -0.351 e. The van der Waals surface area contributed by atoms with Gasteiger partial charge in [-0.3, -0.25) is 4.79 Å². The van der Waals surface area contributed by atoms with Crippen LogP contribution in [0.15, 0.2) is 39.5 Å². The van der Waals surface area contributed by atoms with Crippen LogP contribution in [0.3, 0.4) is 0 Å². The quantitative estimate of drug-likeness (QED) is 0.716. The maximum absolute atomic E-state index is 12.9. The first-order chi connectivity index (χ1) is 10.7. The first-order valence-corrected chi connectivity index (χ1v) is 8.84.